The fraction of sp³-hybridized carbons (Fsp3) is 0.312. The van der Waals surface area contributed by atoms with E-state index in [1.165, 1.54) is 11.1 Å². The summed E-state index contributed by atoms with van der Waals surface area (Å²) in [5.41, 5.74) is 1.84. The molecule has 26 heavy (non-hydrogen) atoms. The van der Waals surface area contributed by atoms with E-state index >= 15 is 0 Å². The van der Waals surface area contributed by atoms with Gasteiger partial charge < -0.3 is 20.6 Å². The predicted molar refractivity (Wildman–Crippen MR) is 111 cm³/mol. The first kappa shape index (κ1) is 19.2. The van der Waals surface area contributed by atoms with Crippen molar-refractivity contribution in [2.75, 3.05) is 23.7 Å². The Labute approximate surface area is 174 Å². The van der Waals surface area contributed by atoms with E-state index < -0.39 is 6.09 Å². The molecule has 3 N–H and O–H groups in total. The van der Waals surface area contributed by atoms with Gasteiger partial charge in [-0.2, -0.15) is 4.98 Å². The zero-order valence-corrected chi connectivity index (χ0v) is 17.2. The van der Waals surface area contributed by atoms with Crippen LogP contribution in [0, 0.1) is 3.57 Å². The fourth-order valence-corrected chi connectivity index (χ4v) is 3.66. The minimum Gasteiger partial charge on any atom is -0.465 e. The highest BCUT2D eigenvalue weighted by Crippen LogP contribution is 2.28. The molecule has 1 saturated heterocycles. The molecular formula is C16H16Cl2IN5O2. The third-order valence-electron chi connectivity index (χ3n) is 4.07. The molecule has 3 rings (SSSR count). The van der Waals surface area contributed by atoms with E-state index in [1.807, 2.05) is 18.2 Å². The molecule has 0 bridgehead atoms. The summed E-state index contributed by atoms with van der Waals surface area (Å²) in [6.45, 7) is 1.10. The molecule has 2 heterocycles. The van der Waals surface area contributed by atoms with Crippen molar-refractivity contribution in [2.24, 2.45) is 0 Å². The van der Waals surface area contributed by atoms with E-state index in [9.17, 15) is 4.79 Å². The van der Waals surface area contributed by atoms with Crippen LogP contribution in [0.3, 0.4) is 0 Å². The average molecular weight is 508 g/mol. The molecule has 7 nitrogen and oxygen atoms in total. The number of likely N-dealkylation sites (tertiary alicyclic amines) is 1. The lowest BCUT2D eigenvalue weighted by Gasteiger charge is -2.31. The third-order valence-corrected chi connectivity index (χ3v) is 5.42. The quantitative estimate of drug-likeness (QED) is 0.411. The first-order valence-corrected chi connectivity index (χ1v) is 9.75. The number of carbonyl (C=O) groups is 1. The van der Waals surface area contributed by atoms with Crippen molar-refractivity contribution in [1.82, 2.24) is 14.9 Å². The number of carboxylic acid groups (broad SMARTS) is 1. The van der Waals surface area contributed by atoms with Gasteiger partial charge >= 0.3 is 6.09 Å². The molecule has 0 aliphatic carbocycles. The first-order chi connectivity index (χ1) is 12.4. The molecule has 1 amide bonds. The number of rotatable bonds is 4. The van der Waals surface area contributed by atoms with Crippen molar-refractivity contribution < 1.29 is 9.90 Å². The molecule has 0 atom stereocenters. The number of nitrogens with one attached hydrogen (secondary N) is 2. The largest absolute Gasteiger partial charge is 0.465 e. The topological polar surface area (TPSA) is 90.4 Å². The lowest BCUT2D eigenvalue weighted by Crippen LogP contribution is -2.41. The van der Waals surface area contributed by atoms with Gasteiger partial charge in [-0.05, 0) is 65.2 Å². The highest BCUT2D eigenvalue weighted by Gasteiger charge is 2.22. The predicted octanol–water partition coefficient (Wildman–Crippen LogP) is 4.69. The molecule has 1 fully saturated rings. The normalized spacial score (nSPS) is 15.0. The standard InChI is InChI=1S/C16H16Cl2IN5O2/c17-11-8-20-15(18)23-14(11)22-10-1-2-13(12(19)7-10)21-9-3-5-24(6-4-9)16(25)26/h1-2,7-9,21H,3-6H2,(H,25,26)(H,20,22,23). The highest BCUT2D eigenvalue weighted by atomic mass is 127. The molecule has 1 aliphatic heterocycles. The van der Waals surface area contributed by atoms with Crippen LogP contribution in [-0.2, 0) is 0 Å². The minimum absolute atomic E-state index is 0.123. The Morgan fingerprint density at radius 3 is 2.69 bits per heavy atom. The van der Waals surface area contributed by atoms with Crippen LogP contribution < -0.4 is 10.6 Å². The Morgan fingerprint density at radius 1 is 1.31 bits per heavy atom. The summed E-state index contributed by atoms with van der Waals surface area (Å²) in [7, 11) is 0. The van der Waals surface area contributed by atoms with Crippen molar-refractivity contribution in [3.63, 3.8) is 0 Å². The molecule has 1 aliphatic rings. The number of hydrogen-bond donors (Lipinski definition) is 3. The maximum absolute atomic E-state index is 11.0. The molecular weight excluding hydrogens is 492 g/mol. The summed E-state index contributed by atoms with van der Waals surface area (Å²) in [5, 5.41) is 16.1. The van der Waals surface area contributed by atoms with Gasteiger partial charge in [0.2, 0.25) is 5.28 Å². The number of aromatic nitrogens is 2. The lowest BCUT2D eigenvalue weighted by molar-refractivity contribution is 0.134. The van der Waals surface area contributed by atoms with Crippen molar-refractivity contribution in [2.45, 2.75) is 18.9 Å². The van der Waals surface area contributed by atoms with Gasteiger partial charge in [0.05, 0.1) is 6.20 Å². The van der Waals surface area contributed by atoms with Crippen LogP contribution >= 0.6 is 45.8 Å². The van der Waals surface area contributed by atoms with Crippen LogP contribution in [0.4, 0.5) is 22.0 Å². The van der Waals surface area contributed by atoms with E-state index in [-0.39, 0.29) is 11.3 Å². The number of hydrogen-bond acceptors (Lipinski definition) is 5. The smallest absolute Gasteiger partial charge is 0.407 e. The summed E-state index contributed by atoms with van der Waals surface area (Å²) >= 11 is 14.1. The molecule has 1 aromatic heterocycles. The van der Waals surface area contributed by atoms with E-state index in [2.05, 4.69) is 43.2 Å². The number of halogens is 3. The second kappa shape index (κ2) is 8.45. The molecule has 0 unspecified atom stereocenters. The van der Waals surface area contributed by atoms with Crippen molar-refractivity contribution in [3.8, 4) is 0 Å². The summed E-state index contributed by atoms with van der Waals surface area (Å²) in [5.74, 6) is 0.448. The van der Waals surface area contributed by atoms with E-state index in [0.29, 0.717) is 23.9 Å². The minimum atomic E-state index is -0.850. The average Bonchev–Trinajstić information content (AvgIpc) is 2.61. The van der Waals surface area contributed by atoms with Gasteiger partial charge in [-0.15, -0.1) is 0 Å². The number of anilines is 3. The van der Waals surface area contributed by atoms with Crippen LogP contribution in [-0.4, -0.2) is 45.2 Å². The second-order valence-corrected chi connectivity index (χ2v) is 7.75. The number of amides is 1. The van der Waals surface area contributed by atoms with E-state index in [1.54, 1.807) is 0 Å². The Balaban J connectivity index is 1.64. The Hall–Kier alpha value is -1.52. The zero-order valence-electron chi connectivity index (χ0n) is 13.5. The molecule has 0 saturated carbocycles. The van der Waals surface area contributed by atoms with Gasteiger partial charge in [0, 0.05) is 34.1 Å². The van der Waals surface area contributed by atoms with Crippen LogP contribution in [0.25, 0.3) is 0 Å². The maximum atomic E-state index is 11.0. The third kappa shape index (κ3) is 4.80. The molecule has 10 heteroatoms. The second-order valence-electron chi connectivity index (χ2n) is 5.84. The van der Waals surface area contributed by atoms with Gasteiger partial charge in [-0.25, -0.2) is 9.78 Å². The summed E-state index contributed by atoms with van der Waals surface area (Å²) in [6, 6.07) is 6.13. The molecule has 138 valence electrons. The van der Waals surface area contributed by atoms with Crippen LogP contribution in [0.5, 0.6) is 0 Å². The van der Waals surface area contributed by atoms with Gasteiger partial charge in [0.25, 0.3) is 0 Å². The van der Waals surface area contributed by atoms with Gasteiger partial charge in [0.15, 0.2) is 5.82 Å². The van der Waals surface area contributed by atoms with Crippen molar-refractivity contribution in [1.29, 1.82) is 0 Å². The van der Waals surface area contributed by atoms with Crippen LogP contribution in [0.1, 0.15) is 12.8 Å². The van der Waals surface area contributed by atoms with E-state index in [0.717, 1.165) is 27.8 Å². The van der Waals surface area contributed by atoms with E-state index in [4.69, 9.17) is 28.3 Å². The first-order valence-electron chi connectivity index (χ1n) is 7.91. The molecule has 0 spiro atoms. The molecule has 0 radical (unpaired) electrons. The Morgan fingerprint density at radius 2 is 2.04 bits per heavy atom. The summed E-state index contributed by atoms with van der Waals surface area (Å²) < 4.78 is 1.03. The Bertz CT molecular complexity index is 815. The molecule has 1 aromatic carbocycles. The summed E-state index contributed by atoms with van der Waals surface area (Å²) in [4.78, 5) is 20.3. The number of piperidine rings is 1. The number of benzene rings is 1. The van der Waals surface area contributed by atoms with Gasteiger partial charge in [-0.3, -0.25) is 0 Å². The molecule has 2 aromatic rings. The van der Waals surface area contributed by atoms with Crippen LogP contribution in [0.15, 0.2) is 24.4 Å². The van der Waals surface area contributed by atoms with Crippen LogP contribution in [0.2, 0.25) is 10.3 Å². The summed E-state index contributed by atoms with van der Waals surface area (Å²) in [6.07, 6.45) is 2.18. The number of nitrogens with zero attached hydrogens (tertiary/aromatic N) is 3. The monoisotopic (exact) mass is 507 g/mol. The van der Waals surface area contributed by atoms with Gasteiger partial charge in [-0.1, -0.05) is 11.6 Å². The van der Waals surface area contributed by atoms with Crippen molar-refractivity contribution in [3.05, 3.63) is 38.3 Å². The SMILES string of the molecule is O=C(O)N1CCC(Nc2ccc(Nc3nc(Cl)ncc3Cl)cc2I)CC1. The lowest BCUT2D eigenvalue weighted by atomic mass is 10.0. The van der Waals surface area contributed by atoms with Crippen molar-refractivity contribution >= 4 is 69.1 Å². The zero-order chi connectivity index (χ0) is 18.7. The Kier molecular flexibility index (Phi) is 6.25. The van der Waals surface area contributed by atoms with Gasteiger partial charge in [0.1, 0.15) is 5.02 Å². The highest BCUT2D eigenvalue weighted by molar-refractivity contribution is 14.1. The maximum Gasteiger partial charge on any atom is 0.407 e. The fourth-order valence-electron chi connectivity index (χ4n) is 2.71.